The lowest BCUT2D eigenvalue weighted by Crippen LogP contribution is -2.37. The maximum atomic E-state index is 12.6. The maximum Gasteiger partial charge on any atom is 0.254 e. The van der Waals surface area contributed by atoms with Crippen molar-refractivity contribution in [1.82, 2.24) is 4.90 Å². The van der Waals surface area contributed by atoms with Crippen LogP contribution in [0.1, 0.15) is 23.2 Å². The quantitative estimate of drug-likeness (QED) is 0.895. The minimum Gasteiger partial charge on any atom is -0.394 e. The molecule has 0 radical (unpaired) electrons. The molecular formula is C16H17NO2. The zero-order chi connectivity index (χ0) is 13.2. The highest BCUT2D eigenvalue weighted by molar-refractivity contribution is 6.07. The normalized spacial score (nSPS) is 19.0. The van der Waals surface area contributed by atoms with Crippen LogP contribution >= 0.6 is 0 Å². The fraction of sp³-hybridized carbons (Fsp3) is 0.312. The molecule has 19 heavy (non-hydrogen) atoms. The number of aliphatic hydroxyl groups is 1. The third-order valence-electron chi connectivity index (χ3n) is 3.87. The second-order valence-electron chi connectivity index (χ2n) is 5.00. The Balaban J connectivity index is 2.02. The molecule has 0 saturated carbocycles. The van der Waals surface area contributed by atoms with E-state index in [2.05, 4.69) is 0 Å². The fourth-order valence-corrected chi connectivity index (χ4v) is 2.86. The number of rotatable bonds is 2. The number of likely N-dealkylation sites (tertiary alicyclic amines) is 1. The lowest BCUT2D eigenvalue weighted by molar-refractivity contribution is 0.0679. The Morgan fingerprint density at radius 2 is 2.00 bits per heavy atom. The van der Waals surface area contributed by atoms with E-state index in [1.807, 2.05) is 47.4 Å². The summed E-state index contributed by atoms with van der Waals surface area (Å²) in [6, 6.07) is 13.7. The Bertz CT molecular complexity index is 603. The van der Waals surface area contributed by atoms with Crippen molar-refractivity contribution in [1.29, 1.82) is 0 Å². The largest absolute Gasteiger partial charge is 0.394 e. The van der Waals surface area contributed by atoms with Gasteiger partial charge in [0.25, 0.3) is 5.91 Å². The molecule has 1 unspecified atom stereocenters. The molecule has 1 amide bonds. The average molecular weight is 255 g/mol. The van der Waals surface area contributed by atoms with E-state index in [1.54, 1.807) is 0 Å². The van der Waals surface area contributed by atoms with Crippen molar-refractivity contribution in [3.63, 3.8) is 0 Å². The molecule has 2 aromatic rings. The van der Waals surface area contributed by atoms with Crippen LogP contribution in [0.3, 0.4) is 0 Å². The van der Waals surface area contributed by atoms with Gasteiger partial charge in [-0.05, 0) is 29.7 Å². The zero-order valence-corrected chi connectivity index (χ0v) is 10.7. The summed E-state index contributed by atoms with van der Waals surface area (Å²) >= 11 is 0. The summed E-state index contributed by atoms with van der Waals surface area (Å²) in [6.07, 6.45) is 1.87. The van der Waals surface area contributed by atoms with Crippen molar-refractivity contribution in [3.05, 3.63) is 48.0 Å². The molecule has 0 bridgehead atoms. The molecular weight excluding hydrogens is 238 g/mol. The number of benzene rings is 2. The number of carbonyl (C=O) groups is 1. The fourth-order valence-electron chi connectivity index (χ4n) is 2.86. The molecule has 3 heteroatoms. The molecule has 1 atom stereocenters. The van der Waals surface area contributed by atoms with E-state index >= 15 is 0 Å². The maximum absolute atomic E-state index is 12.6. The van der Waals surface area contributed by atoms with Crippen LogP contribution in [0, 0.1) is 0 Å². The van der Waals surface area contributed by atoms with Gasteiger partial charge in [-0.2, -0.15) is 0 Å². The summed E-state index contributed by atoms with van der Waals surface area (Å²) in [4.78, 5) is 14.5. The van der Waals surface area contributed by atoms with Crippen LogP contribution in [-0.2, 0) is 0 Å². The van der Waals surface area contributed by atoms with Gasteiger partial charge in [0.05, 0.1) is 12.6 Å². The summed E-state index contributed by atoms with van der Waals surface area (Å²) in [5.74, 6) is 0.0355. The van der Waals surface area contributed by atoms with E-state index < -0.39 is 0 Å². The molecule has 1 fully saturated rings. The number of fused-ring (bicyclic) bond motifs is 1. The van der Waals surface area contributed by atoms with Gasteiger partial charge < -0.3 is 10.0 Å². The van der Waals surface area contributed by atoms with E-state index in [-0.39, 0.29) is 18.6 Å². The number of carbonyl (C=O) groups excluding carboxylic acids is 1. The number of aliphatic hydroxyl groups excluding tert-OH is 1. The predicted octanol–water partition coefficient (Wildman–Crippen LogP) is 2.44. The molecule has 0 spiro atoms. The molecule has 1 N–H and O–H groups in total. The highest BCUT2D eigenvalue weighted by atomic mass is 16.3. The first-order chi connectivity index (χ1) is 9.31. The van der Waals surface area contributed by atoms with E-state index in [0.29, 0.717) is 0 Å². The minimum atomic E-state index is -0.0218. The van der Waals surface area contributed by atoms with Crippen molar-refractivity contribution in [3.8, 4) is 0 Å². The van der Waals surface area contributed by atoms with Crippen LogP contribution in [0.25, 0.3) is 10.8 Å². The van der Waals surface area contributed by atoms with E-state index in [9.17, 15) is 9.90 Å². The van der Waals surface area contributed by atoms with Crippen LogP contribution < -0.4 is 0 Å². The van der Waals surface area contributed by atoms with Crippen molar-refractivity contribution in [2.45, 2.75) is 18.9 Å². The molecule has 1 aliphatic heterocycles. The van der Waals surface area contributed by atoms with Crippen molar-refractivity contribution in [2.24, 2.45) is 0 Å². The van der Waals surface area contributed by atoms with E-state index in [4.69, 9.17) is 0 Å². The van der Waals surface area contributed by atoms with Gasteiger partial charge in [0.2, 0.25) is 0 Å². The molecule has 1 aliphatic rings. The third kappa shape index (κ3) is 2.10. The Morgan fingerprint density at radius 1 is 1.21 bits per heavy atom. The van der Waals surface area contributed by atoms with Gasteiger partial charge in [-0.25, -0.2) is 0 Å². The molecule has 98 valence electrons. The summed E-state index contributed by atoms with van der Waals surface area (Å²) in [6.45, 7) is 0.795. The van der Waals surface area contributed by atoms with Gasteiger partial charge in [-0.3, -0.25) is 4.79 Å². The molecule has 3 rings (SSSR count). The van der Waals surface area contributed by atoms with Crippen LogP contribution in [0.4, 0.5) is 0 Å². The van der Waals surface area contributed by atoms with Gasteiger partial charge in [-0.1, -0.05) is 36.4 Å². The van der Waals surface area contributed by atoms with Gasteiger partial charge in [-0.15, -0.1) is 0 Å². The SMILES string of the molecule is O=C(c1cccc2ccccc12)N1CCCC1CO. The first-order valence-electron chi connectivity index (χ1n) is 6.71. The van der Waals surface area contributed by atoms with Crippen LogP contribution in [-0.4, -0.2) is 35.1 Å². The first kappa shape index (κ1) is 12.2. The monoisotopic (exact) mass is 255 g/mol. The smallest absolute Gasteiger partial charge is 0.254 e. The van der Waals surface area contributed by atoms with Crippen LogP contribution in [0.5, 0.6) is 0 Å². The molecule has 3 nitrogen and oxygen atoms in total. The summed E-state index contributed by atoms with van der Waals surface area (Å²) in [5, 5.41) is 11.4. The summed E-state index contributed by atoms with van der Waals surface area (Å²) < 4.78 is 0. The predicted molar refractivity (Wildman–Crippen MR) is 75.1 cm³/mol. The number of hydrogen-bond donors (Lipinski definition) is 1. The lowest BCUT2D eigenvalue weighted by atomic mass is 10.0. The number of hydrogen-bond acceptors (Lipinski definition) is 2. The van der Waals surface area contributed by atoms with Gasteiger partial charge in [0.1, 0.15) is 0 Å². The number of nitrogens with zero attached hydrogens (tertiary/aromatic N) is 1. The highest BCUT2D eigenvalue weighted by Gasteiger charge is 2.29. The van der Waals surface area contributed by atoms with E-state index in [1.165, 1.54) is 0 Å². The zero-order valence-electron chi connectivity index (χ0n) is 10.7. The summed E-state index contributed by atoms with van der Waals surface area (Å²) in [7, 11) is 0. The second-order valence-corrected chi connectivity index (χ2v) is 5.00. The Labute approximate surface area is 112 Å². The Hall–Kier alpha value is -1.87. The van der Waals surface area contributed by atoms with Crippen molar-refractivity contribution >= 4 is 16.7 Å². The van der Waals surface area contributed by atoms with Gasteiger partial charge >= 0.3 is 0 Å². The average Bonchev–Trinajstić information content (AvgIpc) is 2.94. The molecule has 1 saturated heterocycles. The van der Waals surface area contributed by atoms with Crippen molar-refractivity contribution in [2.75, 3.05) is 13.2 Å². The van der Waals surface area contributed by atoms with Crippen molar-refractivity contribution < 1.29 is 9.90 Å². The minimum absolute atomic E-state index is 0.0218. The molecule has 2 aromatic carbocycles. The number of amides is 1. The van der Waals surface area contributed by atoms with E-state index in [0.717, 1.165) is 35.7 Å². The van der Waals surface area contributed by atoms with Crippen LogP contribution in [0.2, 0.25) is 0 Å². The molecule has 0 aliphatic carbocycles. The molecule has 0 aromatic heterocycles. The Kier molecular flexibility index (Phi) is 3.22. The topological polar surface area (TPSA) is 40.5 Å². The standard InChI is InChI=1S/C16H17NO2/c18-11-13-7-4-10-17(13)16(19)15-9-3-6-12-5-1-2-8-14(12)15/h1-3,5-6,8-9,13,18H,4,7,10-11H2. The summed E-state index contributed by atoms with van der Waals surface area (Å²) in [5.41, 5.74) is 0.735. The third-order valence-corrected chi connectivity index (χ3v) is 3.87. The van der Waals surface area contributed by atoms with Crippen LogP contribution in [0.15, 0.2) is 42.5 Å². The first-order valence-corrected chi connectivity index (χ1v) is 6.71. The molecule has 1 heterocycles. The second kappa shape index (κ2) is 5.02. The lowest BCUT2D eigenvalue weighted by Gasteiger charge is -2.23. The van der Waals surface area contributed by atoms with Gasteiger partial charge in [0, 0.05) is 12.1 Å². The Morgan fingerprint density at radius 3 is 2.84 bits per heavy atom. The van der Waals surface area contributed by atoms with Gasteiger partial charge in [0.15, 0.2) is 0 Å². The highest BCUT2D eigenvalue weighted by Crippen LogP contribution is 2.24.